The molecule has 0 bridgehead atoms. The van der Waals surface area contributed by atoms with Crippen LogP contribution >= 0.6 is 0 Å². The number of carbonyl (C=O) groups excluding carboxylic acids is 3. The summed E-state index contributed by atoms with van der Waals surface area (Å²) >= 11 is 0. The lowest BCUT2D eigenvalue weighted by Gasteiger charge is -2.25. The van der Waals surface area contributed by atoms with Gasteiger partial charge in [0.25, 0.3) is 5.91 Å². The van der Waals surface area contributed by atoms with E-state index in [1.807, 2.05) is 0 Å². The number of likely N-dealkylation sites (N-methyl/N-ethyl adjacent to an activating group) is 1. The Bertz CT molecular complexity index is 673. The molecule has 1 N–H and O–H groups in total. The van der Waals surface area contributed by atoms with Gasteiger partial charge in [-0.25, -0.2) is 4.79 Å². The molecule has 0 unspecified atom stereocenters. The van der Waals surface area contributed by atoms with Crippen molar-refractivity contribution in [2.24, 2.45) is 0 Å². The van der Waals surface area contributed by atoms with Crippen LogP contribution < -0.4 is 14.8 Å². The van der Waals surface area contributed by atoms with Gasteiger partial charge in [0.05, 0.1) is 6.54 Å². The smallest absolute Gasteiger partial charge is 0.351 e. The highest BCUT2D eigenvalue weighted by atomic mass is 16.6. The van der Waals surface area contributed by atoms with Crippen molar-refractivity contribution in [3.8, 4) is 11.5 Å². The summed E-state index contributed by atoms with van der Waals surface area (Å²) in [7, 11) is 1.49. The third kappa shape index (κ3) is 4.62. The molecule has 1 atom stereocenters. The molecule has 2 amide bonds. The molecule has 1 heterocycles. The Balaban J connectivity index is 1.42. The molecule has 134 valence electrons. The Kier molecular flexibility index (Phi) is 5.06. The second-order valence-corrected chi connectivity index (χ2v) is 6.06. The number of para-hydroxylation sites is 2. The molecule has 25 heavy (non-hydrogen) atoms. The first-order chi connectivity index (χ1) is 12.0. The summed E-state index contributed by atoms with van der Waals surface area (Å²) in [6.07, 6.45) is 1.03. The van der Waals surface area contributed by atoms with Crippen LogP contribution in [0.5, 0.6) is 11.5 Å². The molecule has 8 heteroatoms. The summed E-state index contributed by atoms with van der Waals surface area (Å²) in [5.41, 5.74) is 0. The second kappa shape index (κ2) is 7.42. The van der Waals surface area contributed by atoms with E-state index < -0.39 is 24.6 Å². The van der Waals surface area contributed by atoms with E-state index in [1.54, 1.807) is 24.3 Å². The molecular formula is C17H20N2O6. The van der Waals surface area contributed by atoms with Crippen LogP contribution in [-0.4, -0.2) is 61.6 Å². The van der Waals surface area contributed by atoms with E-state index in [-0.39, 0.29) is 25.1 Å². The first kappa shape index (κ1) is 17.1. The van der Waals surface area contributed by atoms with Crippen LogP contribution in [-0.2, 0) is 19.1 Å². The molecule has 0 spiro atoms. The number of benzene rings is 1. The minimum atomic E-state index is -0.925. The number of nitrogens with one attached hydrogen (secondary N) is 1. The molecule has 1 aromatic carbocycles. The largest absolute Gasteiger partial charge is 0.485 e. The summed E-state index contributed by atoms with van der Waals surface area (Å²) in [4.78, 5) is 36.9. The van der Waals surface area contributed by atoms with Gasteiger partial charge in [-0.15, -0.1) is 0 Å². The number of fused-ring (bicyclic) bond motifs is 1. The van der Waals surface area contributed by atoms with Gasteiger partial charge in [-0.3, -0.25) is 9.59 Å². The number of rotatable bonds is 6. The Labute approximate surface area is 145 Å². The highest BCUT2D eigenvalue weighted by Crippen LogP contribution is 2.31. The van der Waals surface area contributed by atoms with E-state index in [0.717, 1.165) is 12.8 Å². The van der Waals surface area contributed by atoms with E-state index >= 15 is 0 Å². The minimum absolute atomic E-state index is 0.0175. The number of carbonyl (C=O) groups is 3. The fraction of sp³-hybridized carbons (Fsp3) is 0.471. The van der Waals surface area contributed by atoms with Crippen molar-refractivity contribution in [1.29, 1.82) is 0 Å². The first-order valence-corrected chi connectivity index (χ1v) is 8.11. The zero-order chi connectivity index (χ0) is 17.8. The van der Waals surface area contributed by atoms with Gasteiger partial charge in [0, 0.05) is 13.1 Å². The Morgan fingerprint density at radius 1 is 1.24 bits per heavy atom. The van der Waals surface area contributed by atoms with E-state index in [2.05, 4.69) is 5.32 Å². The zero-order valence-corrected chi connectivity index (χ0v) is 13.9. The van der Waals surface area contributed by atoms with Gasteiger partial charge in [-0.1, -0.05) is 12.1 Å². The van der Waals surface area contributed by atoms with Gasteiger partial charge >= 0.3 is 5.97 Å². The number of amides is 2. The highest BCUT2D eigenvalue weighted by molar-refractivity contribution is 5.87. The third-order valence-corrected chi connectivity index (χ3v) is 3.86. The van der Waals surface area contributed by atoms with Crippen LogP contribution in [0.3, 0.4) is 0 Å². The molecule has 0 aromatic heterocycles. The van der Waals surface area contributed by atoms with E-state index in [1.165, 1.54) is 11.9 Å². The summed E-state index contributed by atoms with van der Waals surface area (Å²) in [6.45, 7) is -0.499. The molecule has 1 aliphatic heterocycles. The fourth-order valence-corrected chi connectivity index (χ4v) is 2.28. The molecule has 1 fully saturated rings. The topological polar surface area (TPSA) is 94.2 Å². The summed E-state index contributed by atoms with van der Waals surface area (Å²) in [5.74, 6) is -0.347. The molecule has 8 nitrogen and oxygen atoms in total. The Morgan fingerprint density at radius 2 is 1.96 bits per heavy atom. The lowest BCUT2D eigenvalue weighted by Crippen LogP contribution is -2.42. The maximum Gasteiger partial charge on any atom is 0.351 e. The normalized spacial score (nSPS) is 18.2. The SMILES string of the molecule is CN(CC(=O)NC1CC1)C(=O)COC(=O)[C@H]1COc2ccccc2O1. The number of esters is 1. The van der Waals surface area contributed by atoms with Crippen molar-refractivity contribution in [3.05, 3.63) is 24.3 Å². The predicted octanol–water partition coefficient (Wildman–Crippen LogP) is 0.107. The average Bonchev–Trinajstić information content (AvgIpc) is 3.42. The number of hydrogen-bond acceptors (Lipinski definition) is 6. The maximum absolute atomic E-state index is 12.0. The van der Waals surface area contributed by atoms with E-state index in [0.29, 0.717) is 11.5 Å². The van der Waals surface area contributed by atoms with Crippen LogP contribution in [0.15, 0.2) is 24.3 Å². The Hall–Kier alpha value is -2.77. The molecule has 1 aliphatic carbocycles. The lowest BCUT2D eigenvalue weighted by atomic mass is 10.2. The molecule has 2 aliphatic rings. The van der Waals surface area contributed by atoms with Crippen LogP contribution in [0.4, 0.5) is 0 Å². The summed E-state index contributed by atoms with van der Waals surface area (Å²) < 4.78 is 15.9. The fourth-order valence-electron chi connectivity index (χ4n) is 2.28. The molecular weight excluding hydrogens is 328 g/mol. The molecule has 3 rings (SSSR count). The number of nitrogens with zero attached hydrogens (tertiary/aromatic N) is 1. The molecule has 0 radical (unpaired) electrons. The molecule has 1 saturated carbocycles. The van der Waals surface area contributed by atoms with Crippen LogP contribution in [0.1, 0.15) is 12.8 Å². The van der Waals surface area contributed by atoms with Gasteiger partial charge in [0.2, 0.25) is 12.0 Å². The van der Waals surface area contributed by atoms with Crippen molar-refractivity contribution in [1.82, 2.24) is 10.2 Å². The third-order valence-electron chi connectivity index (χ3n) is 3.86. The van der Waals surface area contributed by atoms with E-state index in [4.69, 9.17) is 14.2 Å². The van der Waals surface area contributed by atoms with Crippen LogP contribution in [0.25, 0.3) is 0 Å². The number of hydrogen-bond donors (Lipinski definition) is 1. The zero-order valence-electron chi connectivity index (χ0n) is 13.9. The Morgan fingerprint density at radius 3 is 2.68 bits per heavy atom. The average molecular weight is 348 g/mol. The van der Waals surface area contributed by atoms with Crippen molar-refractivity contribution < 1.29 is 28.6 Å². The van der Waals surface area contributed by atoms with Gasteiger partial charge in [0.15, 0.2) is 18.1 Å². The van der Waals surface area contributed by atoms with Crippen molar-refractivity contribution in [2.45, 2.75) is 25.0 Å². The van der Waals surface area contributed by atoms with Crippen LogP contribution in [0.2, 0.25) is 0 Å². The van der Waals surface area contributed by atoms with Gasteiger partial charge in [-0.2, -0.15) is 0 Å². The van der Waals surface area contributed by atoms with Crippen molar-refractivity contribution in [2.75, 3.05) is 26.8 Å². The van der Waals surface area contributed by atoms with Gasteiger partial charge in [0.1, 0.15) is 6.61 Å². The number of ether oxygens (including phenoxy) is 3. The van der Waals surface area contributed by atoms with Crippen LogP contribution in [0, 0.1) is 0 Å². The second-order valence-electron chi connectivity index (χ2n) is 6.06. The first-order valence-electron chi connectivity index (χ1n) is 8.11. The lowest BCUT2D eigenvalue weighted by molar-refractivity contribution is -0.159. The summed E-state index contributed by atoms with van der Waals surface area (Å²) in [5, 5.41) is 2.79. The summed E-state index contributed by atoms with van der Waals surface area (Å²) in [6, 6.07) is 7.23. The standard InChI is InChI=1S/C17H20N2O6/c1-19(8-15(20)18-11-6-7-11)16(21)10-24-17(22)14-9-23-12-4-2-3-5-13(12)25-14/h2-5,11,14H,6-10H2,1H3,(H,18,20)/t14-/m1/s1. The molecule has 1 aromatic rings. The van der Waals surface area contributed by atoms with Gasteiger partial charge in [-0.05, 0) is 25.0 Å². The minimum Gasteiger partial charge on any atom is -0.485 e. The van der Waals surface area contributed by atoms with Crippen molar-refractivity contribution >= 4 is 17.8 Å². The highest BCUT2D eigenvalue weighted by Gasteiger charge is 2.29. The monoisotopic (exact) mass is 348 g/mol. The quantitative estimate of drug-likeness (QED) is 0.733. The van der Waals surface area contributed by atoms with Crippen molar-refractivity contribution in [3.63, 3.8) is 0 Å². The van der Waals surface area contributed by atoms with Gasteiger partial charge < -0.3 is 24.4 Å². The molecule has 0 saturated heterocycles. The maximum atomic E-state index is 12.0. The predicted molar refractivity (Wildman–Crippen MR) is 86.1 cm³/mol. The van der Waals surface area contributed by atoms with E-state index in [9.17, 15) is 14.4 Å².